The summed E-state index contributed by atoms with van der Waals surface area (Å²) in [5, 5.41) is 12.3. The smallest absolute Gasteiger partial charge is 0.389 e. The molecule has 0 aromatic heterocycles. The summed E-state index contributed by atoms with van der Waals surface area (Å²) in [5.74, 6) is -0.439. The van der Waals surface area contributed by atoms with Crippen LogP contribution in [0.3, 0.4) is 0 Å². The molecule has 2 aliphatic rings. The second-order valence-electron chi connectivity index (χ2n) is 4.44. The van der Waals surface area contributed by atoms with Crippen molar-refractivity contribution in [2.45, 2.75) is 43.5 Å². The van der Waals surface area contributed by atoms with Crippen LogP contribution in [0.25, 0.3) is 0 Å². The summed E-state index contributed by atoms with van der Waals surface area (Å²) in [5.41, 5.74) is -0.297. The molecule has 2 unspecified atom stereocenters. The van der Waals surface area contributed by atoms with Crippen molar-refractivity contribution >= 4 is 0 Å². The Balaban J connectivity index is 2.00. The van der Waals surface area contributed by atoms with Crippen LogP contribution in [-0.2, 0) is 0 Å². The molecule has 2 N–H and O–H groups in total. The first-order valence-corrected chi connectivity index (χ1v) is 4.91. The Labute approximate surface area is 80.5 Å². The van der Waals surface area contributed by atoms with Crippen LogP contribution < -0.4 is 5.32 Å². The molecule has 1 spiro atoms. The number of rotatable bonds is 1. The minimum Gasteiger partial charge on any atom is -0.392 e. The van der Waals surface area contributed by atoms with Gasteiger partial charge in [0.05, 0.1) is 6.10 Å². The Bertz CT molecular complexity index is 225. The third kappa shape index (κ3) is 2.03. The van der Waals surface area contributed by atoms with Crippen LogP contribution in [0.1, 0.15) is 25.7 Å². The van der Waals surface area contributed by atoms with Crippen LogP contribution in [0.15, 0.2) is 0 Å². The van der Waals surface area contributed by atoms with E-state index in [0.29, 0.717) is 6.54 Å². The van der Waals surface area contributed by atoms with Crippen LogP contribution >= 0.6 is 0 Å². The van der Waals surface area contributed by atoms with Gasteiger partial charge in [0.2, 0.25) is 0 Å². The fourth-order valence-corrected chi connectivity index (χ4v) is 2.38. The summed E-state index contributed by atoms with van der Waals surface area (Å²) in [7, 11) is 0. The van der Waals surface area contributed by atoms with Gasteiger partial charge in [-0.1, -0.05) is 0 Å². The van der Waals surface area contributed by atoms with Gasteiger partial charge in [-0.25, -0.2) is 0 Å². The van der Waals surface area contributed by atoms with Crippen LogP contribution in [0, 0.1) is 5.92 Å². The largest absolute Gasteiger partial charge is 0.392 e. The van der Waals surface area contributed by atoms with Gasteiger partial charge in [-0.15, -0.1) is 0 Å². The number of aliphatic hydroxyl groups is 1. The molecule has 82 valence electrons. The minimum atomic E-state index is -4.11. The fraction of sp³-hybridized carbons (Fsp3) is 1.00. The van der Waals surface area contributed by atoms with Crippen molar-refractivity contribution in [1.29, 1.82) is 0 Å². The molecule has 0 radical (unpaired) electrons. The summed E-state index contributed by atoms with van der Waals surface area (Å²) >= 11 is 0. The van der Waals surface area contributed by atoms with Crippen molar-refractivity contribution < 1.29 is 18.3 Å². The zero-order valence-electron chi connectivity index (χ0n) is 7.77. The lowest BCUT2D eigenvalue weighted by molar-refractivity contribution is -0.152. The zero-order valence-corrected chi connectivity index (χ0v) is 7.77. The van der Waals surface area contributed by atoms with Crippen molar-refractivity contribution in [1.82, 2.24) is 5.32 Å². The van der Waals surface area contributed by atoms with E-state index in [1.165, 1.54) is 0 Å². The van der Waals surface area contributed by atoms with Gasteiger partial charge in [0.25, 0.3) is 0 Å². The Hall–Kier alpha value is -0.290. The van der Waals surface area contributed by atoms with Crippen LogP contribution in [0.5, 0.6) is 0 Å². The van der Waals surface area contributed by atoms with Gasteiger partial charge in [0.15, 0.2) is 0 Å². The molecule has 5 heteroatoms. The quantitative estimate of drug-likeness (QED) is 0.685. The number of hydrogen-bond donors (Lipinski definition) is 2. The summed E-state index contributed by atoms with van der Waals surface area (Å²) in [6.45, 7) is 0.439. The zero-order chi connectivity index (χ0) is 10.4. The van der Waals surface area contributed by atoms with Crippen molar-refractivity contribution in [2.24, 2.45) is 5.92 Å². The highest BCUT2D eigenvalue weighted by atomic mass is 19.4. The lowest BCUT2D eigenvalue weighted by Crippen LogP contribution is -2.50. The Morgan fingerprint density at radius 1 is 1.36 bits per heavy atom. The molecule has 2 atom stereocenters. The van der Waals surface area contributed by atoms with Crippen molar-refractivity contribution in [2.75, 3.05) is 6.54 Å². The molecule has 2 rings (SSSR count). The first kappa shape index (κ1) is 10.2. The maximum absolute atomic E-state index is 12.2. The topological polar surface area (TPSA) is 32.3 Å². The van der Waals surface area contributed by atoms with E-state index in [0.717, 1.165) is 12.8 Å². The van der Waals surface area contributed by atoms with Crippen molar-refractivity contribution in [3.8, 4) is 0 Å². The molecule has 1 aliphatic carbocycles. The van der Waals surface area contributed by atoms with E-state index in [1.54, 1.807) is 0 Å². The van der Waals surface area contributed by atoms with Crippen LogP contribution in [0.2, 0.25) is 0 Å². The van der Waals surface area contributed by atoms with Gasteiger partial charge in [0, 0.05) is 18.5 Å². The Kier molecular flexibility index (Phi) is 2.27. The first-order chi connectivity index (χ1) is 6.41. The van der Waals surface area contributed by atoms with E-state index in [1.807, 2.05) is 0 Å². The van der Waals surface area contributed by atoms with Gasteiger partial charge < -0.3 is 10.4 Å². The third-order valence-corrected chi connectivity index (χ3v) is 3.29. The molecular formula is C9H14F3NO. The third-order valence-electron chi connectivity index (χ3n) is 3.29. The highest BCUT2D eigenvalue weighted by Gasteiger charge is 2.54. The minimum absolute atomic E-state index is 0.284. The number of aliphatic hydroxyl groups excluding tert-OH is 1. The number of nitrogens with one attached hydrogen (secondary N) is 1. The summed E-state index contributed by atoms with van der Waals surface area (Å²) in [4.78, 5) is 0. The second kappa shape index (κ2) is 3.10. The van der Waals surface area contributed by atoms with Gasteiger partial charge in [0.1, 0.15) is 0 Å². The molecule has 1 heterocycles. The average Bonchev–Trinajstić information content (AvgIpc) is 2.76. The van der Waals surface area contributed by atoms with E-state index in [4.69, 9.17) is 0 Å². The molecule has 0 bridgehead atoms. The predicted molar refractivity (Wildman–Crippen MR) is 44.8 cm³/mol. The van der Waals surface area contributed by atoms with E-state index in [-0.39, 0.29) is 12.0 Å². The van der Waals surface area contributed by atoms with Crippen molar-refractivity contribution in [3.63, 3.8) is 0 Å². The second-order valence-corrected chi connectivity index (χ2v) is 4.44. The maximum atomic E-state index is 12.2. The van der Waals surface area contributed by atoms with Crippen LogP contribution in [0.4, 0.5) is 13.2 Å². The summed E-state index contributed by atoms with van der Waals surface area (Å²) < 4.78 is 36.7. The molecule has 0 amide bonds. The molecule has 2 fully saturated rings. The van der Waals surface area contributed by atoms with E-state index in [9.17, 15) is 18.3 Å². The molecule has 1 saturated carbocycles. The molecule has 1 aliphatic heterocycles. The maximum Gasteiger partial charge on any atom is 0.389 e. The van der Waals surface area contributed by atoms with Gasteiger partial charge >= 0.3 is 6.18 Å². The molecular weight excluding hydrogens is 195 g/mol. The molecule has 0 aromatic carbocycles. The Morgan fingerprint density at radius 3 is 2.50 bits per heavy atom. The number of halogens is 3. The monoisotopic (exact) mass is 209 g/mol. The lowest BCUT2D eigenvalue weighted by Gasteiger charge is -2.36. The average molecular weight is 209 g/mol. The van der Waals surface area contributed by atoms with E-state index >= 15 is 0 Å². The van der Waals surface area contributed by atoms with Gasteiger partial charge in [-0.2, -0.15) is 13.2 Å². The number of alkyl halides is 3. The van der Waals surface area contributed by atoms with Gasteiger partial charge in [-0.05, 0) is 25.2 Å². The molecule has 0 aromatic rings. The summed E-state index contributed by atoms with van der Waals surface area (Å²) in [6.07, 6.45) is -3.57. The highest BCUT2D eigenvalue weighted by molar-refractivity contribution is 5.10. The molecule has 1 saturated heterocycles. The number of piperidine rings is 1. The summed E-state index contributed by atoms with van der Waals surface area (Å²) in [6, 6.07) is 0. The molecule has 14 heavy (non-hydrogen) atoms. The Morgan fingerprint density at radius 2 is 2.00 bits per heavy atom. The SMILES string of the molecule is OC1CNC2(CC2)C(CC(F)(F)F)C1. The standard InChI is InChI=1S/C9H14F3NO/c10-9(11,12)4-6-3-7(14)5-13-8(6)1-2-8/h6-7,13-14H,1-5H2. The van der Waals surface area contributed by atoms with Gasteiger partial charge in [-0.3, -0.25) is 0 Å². The van der Waals surface area contributed by atoms with Crippen molar-refractivity contribution in [3.05, 3.63) is 0 Å². The highest BCUT2D eigenvalue weighted by Crippen LogP contribution is 2.49. The predicted octanol–water partition coefficient (Wildman–Crippen LogP) is 1.44. The van der Waals surface area contributed by atoms with E-state index < -0.39 is 24.6 Å². The number of hydrogen-bond acceptors (Lipinski definition) is 2. The number of β-amino-alcohol motifs (C(OH)–C–C–N with tert-alkyl or cyclic N) is 1. The first-order valence-electron chi connectivity index (χ1n) is 4.91. The molecule has 2 nitrogen and oxygen atoms in total. The lowest BCUT2D eigenvalue weighted by atomic mass is 9.84. The normalized spacial score (nSPS) is 36.0. The fourth-order valence-electron chi connectivity index (χ4n) is 2.38. The van der Waals surface area contributed by atoms with E-state index in [2.05, 4.69) is 5.32 Å². The van der Waals surface area contributed by atoms with Crippen LogP contribution in [-0.4, -0.2) is 29.5 Å².